The summed E-state index contributed by atoms with van der Waals surface area (Å²) in [6, 6.07) is 7.92. The Labute approximate surface area is 168 Å². The van der Waals surface area contributed by atoms with Crippen LogP contribution in [-0.4, -0.2) is 31.7 Å². The summed E-state index contributed by atoms with van der Waals surface area (Å²) in [5, 5.41) is 10.5. The van der Waals surface area contributed by atoms with Crippen molar-refractivity contribution in [2.75, 3.05) is 5.75 Å². The lowest BCUT2D eigenvalue weighted by molar-refractivity contribution is 0.102. The van der Waals surface area contributed by atoms with Crippen LogP contribution in [0, 0.1) is 12.3 Å². The predicted molar refractivity (Wildman–Crippen MR) is 111 cm³/mol. The molecule has 2 aliphatic rings. The Morgan fingerprint density at radius 1 is 1.25 bits per heavy atom. The first kappa shape index (κ1) is 17.9. The fourth-order valence-electron chi connectivity index (χ4n) is 5.26. The Morgan fingerprint density at radius 2 is 2.04 bits per heavy atom. The van der Waals surface area contributed by atoms with Gasteiger partial charge >= 0.3 is 0 Å². The maximum atomic E-state index is 12.9. The average molecular weight is 393 g/mol. The van der Waals surface area contributed by atoms with Crippen LogP contribution in [0.2, 0.25) is 0 Å². The molecule has 1 fully saturated rings. The lowest BCUT2D eigenvalue weighted by Gasteiger charge is -2.33. The van der Waals surface area contributed by atoms with Crippen LogP contribution in [-0.2, 0) is 5.41 Å². The Morgan fingerprint density at radius 3 is 2.86 bits per heavy atom. The largest absolute Gasteiger partial charge is 0.358 e. The van der Waals surface area contributed by atoms with Crippen molar-refractivity contribution in [1.29, 1.82) is 0 Å². The summed E-state index contributed by atoms with van der Waals surface area (Å²) in [5.41, 5.74) is 5.06. The first-order chi connectivity index (χ1) is 13.3. The van der Waals surface area contributed by atoms with Crippen LogP contribution >= 0.6 is 11.8 Å². The van der Waals surface area contributed by atoms with E-state index in [1.807, 2.05) is 31.2 Å². The van der Waals surface area contributed by atoms with Gasteiger partial charge < -0.3 is 4.98 Å². The minimum atomic E-state index is 0.0513. The van der Waals surface area contributed by atoms with Crippen LogP contribution in [0.1, 0.15) is 67.0 Å². The number of fused-ring (bicyclic) bond motifs is 6. The van der Waals surface area contributed by atoms with Gasteiger partial charge in [0.05, 0.1) is 17.1 Å². The first-order valence-electron chi connectivity index (χ1n) is 9.81. The average Bonchev–Trinajstić information content (AvgIpc) is 3.18. The van der Waals surface area contributed by atoms with Crippen molar-refractivity contribution < 1.29 is 4.79 Å². The molecule has 0 saturated heterocycles. The monoisotopic (exact) mass is 392 g/mol. The molecule has 2 heterocycles. The Bertz CT molecular complexity index is 1120. The molecule has 2 aliphatic carbocycles. The molecule has 28 heavy (non-hydrogen) atoms. The quantitative estimate of drug-likeness (QED) is 0.509. The maximum absolute atomic E-state index is 12.9. The number of aromatic amines is 1. The minimum Gasteiger partial charge on any atom is -0.358 e. The molecule has 6 heteroatoms. The van der Waals surface area contributed by atoms with Gasteiger partial charge in [-0.15, -0.1) is 5.10 Å². The van der Waals surface area contributed by atoms with Crippen molar-refractivity contribution in [2.45, 2.75) is 57.0 Å². The number of hydrogen-bond donors (Lipinski definition) is 1. The second-order valence-electron chi connectivity index (χ2n) is 8.86. The number of carbonyl (C=O) groups is 1. The van der Waals surface area contributed by atoms with Gasteiger partial charge in [-0.25, -0.2) is 4.98 Å². The third-order valence-corrected chi connectivity index (χ3v) is 8.11. The topological polar surface area (TPSA) is 71.5 Å². The number of hydrogen-bond acceptors (Lipinski definition) is 5. The van der Waals surface area contributed by atoms with Gasteiger partial charge in [0.2, 0.25) is 5.16 Å². The van der Waals surface area contributed by atoms with Crippen LogP contribution in [0.15, 0.2) is 29.4 Å². The van der Waals surface area contributed by atoms with Gasteiger partial charge in [-0.05, 0) is 31.2 Å². The highest BCUT2D eigenvalue weighted by Crippen LogP contribution is 2.66. The Balaban J connectivity index is 1.40. The number of benzene rings is 1. The van der Waals surface area contributed by atoms with Gasteiger partial charge in [-0.2, -0.15) is 5.10 Å². The zero-order valence-corrected chi connectivity index (χ0v) is 17.5. The SMILES string of the molecule is Cc1[nH]c2ccccc2c1C(=O)CSc1nnc2c(n1)[C@@]1(C)CC[C@H]2C1(C)C. The number of rotatable bonds is 4. The van der Waals surface area contributed by atoms with E-state index in [2.05, 4.69) is 36.0 Å². The molecular weight excluding hydrogens is 368 g/mol. The fourth-order valence-corrected chi connectivity index (χ4v) is 5.92. The zero-order valence-electron chi connectivity index (χ0n) is 16.7. The van der Waals surface area contributed by atoms with Crippen LogP contribution in [0.5, 0.6) is 0 Å². The normalized spacial score (nSPS) is 24.6. The lowest BCUT2D eigenvalue weighted by Crippen LogP contribution is -2.32. The van der Waals surface area contributed by atoms with E-state index in [0.29, 0.717) is 16.8 Å². The number of Topliss-reactive ketones (excluding diaryl/α,β-unsaturated/α-hetero) is 1. The predicted octanol–water partition coefficient (Wildman–Crippen LogP) is 4.81. The number of para-hydroxylation sites is 1. The number of nitrogens with one attached hydrogen (secondary N) is 1. The third-order valence-electron chi connectivity index (χ3n) is 7.28. The van der Waals surface area contributed by atoms with Gasteiger partial charge in [-0.3, -0.25) is 4.79 Å². The summed E-state index contributed by atoms with van der Waals surface area (Å²) in [7, 11) is 0. The molecule has 2 atom stereocenters. The number of nitrogens with zero attached hydrogens (tertiary/aromatic N) is 3. The van der Waals surface area contributed by atoms with Crippen LogP contribution < -0.4 is 0 Å². The molecule has 2 aromatic heterocycles. The van der Waals surface area contributed by atoms with Crippen molar-refractivity contribution in [1.82, 2.24) is 20.2 Å². The molecule has 0 amide bonds. The number of H-pyrrole nitrogens is 1. The van der Waals surface area contributed by atoms with Crippen molar-refractivity contribution in [2.24, 2.45) is 5.41 Å². The van der Waals surface area contributed by atoms with Gasteiger partial charge in [0.15, 0.2) is 5.78 Å². The molecule has 0 radical (unpaired) electrons. The van der Waals surface area contributed by atoms with E-state index in [9.17, 15) is 4.79 Å². The lowest BCUT2D eigenvalue weighted by atomic mass is 9.70. The fraction of sp³-hybridized carbons (Fsp3) is 0.455. The highest BCUT2D eigenvalue weighted by Gasteiger charge is 2.61. The number of carbonyl (C=O) groups excluding carboxylic acids is 1. The van der Waals surface area contributed by atoms with E-state index in [1.165, 1.54) is 11.8 Å². The standard InChI is InChI=1S/C22H24N4OS/c1-12-17(13-7-5-6-8-15(13)23-12)16(27)11-28-20-24-19-18(25-26-20)14-9-10-22(19,4)21(14,2)3/h5-8,14,23H,9-11H2,1-4H3/t14-,22-/m1/s1. The summed E-state index contributed by atoms with van der Waals surface area (Å²) in [5.74, 6) is 0.853. The zero-order chi connectivity index (χ0) is 19.7. The number of thioether (sulfide) groups is 1. The molecule has 1 N–H and O–H groups in total. The molecule has 144 valence electrons. The second-order valence-corrected chi connectivity index (χ2v) is 9.80. The number of aromatic nitrogens is 4. The summed E-state index contributed by atoms with van der Waals surface area (Å²) in [4.78, 5) is 21.1. The summed E-state index contributed by atoms with van der Waals surface area (Å²) >= 11 is 1.39. The molecule has 2 bridgehead atoms. The maximum Gasteiger partial charge on any atom is 0.209 e. The van der Waals surface area contributed by atoms with E-state index in [0.717, 1.165) is 46.4 Å². The van der Waals surface area contributed by atoms with Crippen LogP contribution in [0.25, 0.3) is 10.9 Å². The highest BCUT2D eigenvalue weighted by molar-refractivity contribution is 7.99. The third kappa shape index (κ3) is 2.27. The molecule has 0 aliphatic heterocycles. The van der Waals surface area contributed by atoms with Crippen LogP contribution in [0.3, 0.4) is 0 Å². The van der Waals surface area contributed by atoms with Gasteiger partial charge in [0.25, 0.3) is 0 Å². The molecule has 3 aromatic rings. The van der Waals surface area contributed by atoms with Crippen molar-refractivity contribution in [3.05, 3.63) is 46.9 Å². The smallest absolute Gasteiger partial charge is 0.209 e. The Kier molecular flexibility index (Phi) is 3.76. The van der Waals surface area contributed by atoms with E-state index >= 15 is 0 Å². The van der Waals surface area contributed by atoms with E-state index in [-0.39, 0.29) is 16.6 Å². The van der Waals surface area contributed by atoms with Gasteiger partial charge in [0, 0.05) is 33.5 Å². The van der Waals surface area contributed by atoms with Crippen molar-refractivity contribution >= 4 is 28.4 Å². The second kappa shape index (κ2) is 5.89. The molecule has 0 spiro atoms. The molecular formula is C22H24N4OS. The van der Waals surface area contributed by atoms with Gasteiger partial charge in [-0.1, -0.05) is 50.7 Å². The first-order valence-corrected chi connectivity index (χ1v) is 10.8. The summed E-state index contributed by atoms with van der Waals surface area (Å²) in [6.07, 6.45) is 2.31. The summed E-state index contributed by atoms with van der Waals surface area (Å²) in [6.45, 7) is 8.90. The number of ketones is 1. The molecule has 0 unspecified atom stereocenters. The number of aryl methyl sites for hydroxylation is 1. The summed E-state index contributed by atoms with van der Waals surface area (Å²) < 4.78 is 0. The Hall–Kier alpha value is -2.21. The van der Waals surface area contributed by atoms with E-state index in [1.54, 1.807) is 0 Å². The minimum absolute atomic E-state index is 0.0513. The highest BCUT2D eigenvalue weighted by atomic mass is 32.2. The molecule has 1 saturated carbocycles. The molecule has 5 rings (SSSR count). The van der Waals surface area contributed by atoms with E-state index < -0.39 is 0 Å². The van der Waals surface area contributed by atoms with Gasteiger partial charge in [0.1, 0.15) is 0 Å². The molecule has 5 nitrogen and oxygen atoms in total. The molecule has 1 aromatic carbocycles. The van der Waals surface area contributed by atoms with Crippen molar-refractivity contribution in [3.63, 3.8) is 0 Å². The van der Waals surface area contributed by atoms with E-state index in [4.69, 9.17) is 4.98 Å². The van der Waals surface area contributed by atoms with Crippen LogP contribution in [0.4, 0.5) is 0 Å². The van der Waals surface area contributed by atoms with Crippen molar-refractivity contribution in [3.8, 4) is 0 Å².